The summed E-state index contributed by atoms with van der Waals surface area (Å²) >= 11 is 0. The number of rotatable bonds is 4. The van der Waals surface area contributed by atoms with Crippen LogP contribution in [0.4, 0.5) is 0 Å². The second-order valence-electron chi connectivity index (χ2n) is 4.69. The molecule has 0 aliphatic carbocycles. The monoisotopic (exact) mass is 273 g/mol. The molecule has 0 radical (unpaired) electrons. The molecule has 104 valence electrons. The standard InChI is InChI=1S/C13H15N5O2/c1-7(19)12(14)13-17-11(18-20-13)6-10-15-8-4-2-3-5-9(8)16-10/h2-5,7,12,19H,6,14H2,1H3,(H,15,16)/t7-,12+/m1/s1. The number of imidazole rings is 1. The van der Waals surface area contributed by atoms with Gasteiger partial charge in [0, 0.05) is 0 Å². The maximum Gasteiger partial charge on any atom is 0.246 e. The van der Waals surface area contributed by atoms with Gasteiger partial charge in [-0.15, -0.1) is 0 Å². The molecule has 0 aliphatic rings. The van der Waals surface area contributed by atoms with Gasteiger partial charge in [-0.25, -0.2) is 4.98 Å². The average Bonchev–Trinajstić information content (AvgIpc) is 3.03. The normalized spacial score (nSPS) is 14.6. The summed E-state index contributed by atoms with van der Waals surface area (Å²) in [5.74, 6) is 1.46. The van der Waals surface area contributed by atoms with Crippen LogP contribution in [-0.2, 0) is 6.42 Å². The molecule has 2 heterocycles. The Morgan fingerprint density at radius 3 is 2.90 bits per heavy atom. The van der Waals surface area contributed by atoms with Gasteiger partial charge >= 0.3 is 0 Å². The molecule has 0 saturated heterocycles. The van der Waals surface area contributed by atoms with E-state index in [1.165, 1.54) is 0 Å². The van der Waals surface area contributed by atoms with E-state index in [9.17, 15) is 5.11 Å². The number of aromatic nitrogens is 4. The van der Waals surface area contributed by atoms with Crippen molar-refractivity contribution in [3.63, 3.8) is 0 Å². The van der Waals surface area contributed by atoms with Gasteiger partial charge in [0.05, 0.1) is 23.6 Å². The van der Waals surface area contributed by atoms with E-state index in [-0.39, 0.29) is 5.89 Å². The van der Waals surface area contributed by atoms with E-state index in [2.05, 4.69) is 20.1 Å². The second kappa shape index (κ2) is 5.03. The maximum atomic E-state index is 9.40. The van der Waals surface area contributed by atoms with Crippen molar-refractivity contribution in [3.8, 4) is 0 Å². The third-order valence-corrected chi connectivity index (χ3v) is 3.05. The van der Waals surface area contributed by atoms with E-state index >= 15 is 0 Å². The van der Waals surface area contributed by atoms with Crippen LogP contribution >= 0.6 is 0 Å². The number of benzene rings is 1. The fourth-order valence-corrected chi connectivity index (χ4v) is 1.92. The van der Waals surface area contributed by atoms with E-state index in [0.717, 1.165) is 16.9 Å². The van der Waals surface area contributed by atoms with Gasteiger partial charge in [-0.3, -0.25) is 0 Å². The number of nitrogens with zero attached hydrogens (tertiary/aromatic N) is 3. The van der Waals surface area contributed by atoms with Crippen LogP contribution in [0.2, 0.25) is 0 Å². The number of aromatic amines is 1. The Balaban J connectivity index is 1.81. The zero-order chi connectivity index (χ0) is 14.1. The SMILES string of the molecule is C[C@@H](O)[C@H](N)c1nc(Cc2nc3ccccc3[nH]2)no1. The quantitative estimate of drug-likeness (QED) is 0.651. The summed E-state index contributed by atoms with van der Waals surface area (Å²) in [5.41, 5.74) is 7.60. The number of aliphatic hydroxyl groups is 1. The second-order valence-corrected chi connectivity index (χ2v) is 4.69. The molecular weight excluding hydrogens is 258 g/mol. The van der Waals surface area contributed by atoms with Gasteiger partial charge in [0.2, 0.25) is 5.89 Å². The van der Waals surface area contributed by atoms with Crippen molar-refractivity contribution in [2.24, 2.45) is 5.73 Å². The molecule has 7 heteroatoms. The minimum Gasteiger partial charge on any atom is -0.391 e. The van der Waals surface area contributed by atoms with Crippen molar-refractivity contribution in [1.82, 2.24) is 20.1 Å². The molecule has 2 aromatic heterocycles. The summed E-state index contributed by atoms with van der Waals surface area (Å²) in [6, 6.07) is 7.09. The van der Waals surface area contributed by atoms with E-state index in [1.807, 2.05) is 24.3 Å². The van der Waals surface area contributed by atoms with Crippen molar-refractivity contribution in [2.45, 2.75) is 25.5 Å². The molecule has 0 saturated carbocycles. The topological polar surface area (TPSA) is 114 Å². The number of nitrogens with one attached hydrogen (secondary N) is 1. The van der Waals surface area contributed by atoms with Gasteiger partial charge in [-0.05, 0) is 19.1 Å². The molecule has 0 amide bonds. The van der Waals surface area contributed by atoms with Crippen molar-refractivity contribution in [3.05, 3.63) is 41.8 Å². The van der Waals surface area contributed by atoms with Crippen LogP contribution < -0.4 is 5.73 Å². The van der Waals surface area contributed by atoms with Gasteiger partial charge in [0.15, 0.2) is 5.82 Å². The highest BCUT2D eigenvalue weighted by Crippen LogP contribution is 2.15. The first-order valence-corrected chi connectivity index (χ1v) is 6.33. The molecule has 2 atom stereocenters. The molecule has 3 rings (SSSR count). The highest BCUT2D eigenvalue weighted by Gasteiger charge is 2.19. The largest absolute Gasteiger partial charge is 0.391 e. The zero-order valence-electron chi connectivity index (χ0n) is 10.9. The van der Waals surface area contributed by atoms with Crippen molar-refractivity contribution < 1.29 is 9.63 Å². The fourth-order valence-electron chi connectivity index (χ4n) is 1.92. The Bertz CT molecular complexity index is 685. The van der Waals surface area contributed by atoms with Crippen LogP contribution in [0.15, 0.2) is 28.8 Å². The van der Waals surface area contributed by atoms with Crippen molar-refractivity contribution >= 4 is 11.0 Å². The molecule has 0 aliphatic heterocycles. The zero-order valence-corrected chi connectivity index (χ0v) is 10.9. The molecule has 3 aromatic rings. The highest BCUT2D eigenvalue weighted by atomic mass is 16.5. The Hall–Kier alpha value is -2.25. The third-order valence-electron chi connectivity index (χ3n) is 3.05. The predicted molar refractivity (Wildman–Crippen MR) is 71.8 cm³/mol. The van der Waals surface area contributed by atoms with Crippen LogP contribution in [0.3, 0.4) is 0 Å². The first kappa shape index (κ1) is 12.8. The number of fused-ring (bicyclic) bond motifs is 1. The lowest BCUT2D eigenvalue weighted by Crippen LogP contribution is -2.23. The minimum absolute atomic E-state index is 0.228. The maximum absolute atomic E-state index is 9.40. The summed E-state index contributed by atoms with van der Waals surface area (Å²) in [7, 11) is 0. The molecule has 0 spiro atoms. The van der Waals surface area contributed by atoms with Gasteiger partial charge < -0.3 is 20.3 Å². The molecule has 1 aromatic carbocycles. The van der Waals surface area contributed by atoms with Crippen LogP contribution in [0.1, 0.15) is 30.5 Å². The van der Waals surface area contributed by atoms with E-state index in [4.69, 9.17) is 10.3 Å². The minimum atomic E-state index is -0.741. The molecule has 0 bridgehead atoms. The van der Waals surface area contributed by atoms with Crippen LogP contribution in [-0.4, -0.2) is 31.3 Å². The Morgan fingerprint density at radius 2 is 2.15 bits per heavy atom. The lowest BCUT2D eigenvalue weighted by molar-refractivity contribution is 0.146. The van der Waals surface area contributed by atoms with Gasteiger partial charge in [-0.2, -0.15) is 4.98 Å². The summed E-state index contributed by atoms with van der Waals surface area (Å²) in [6.07, 6.45) is -0.320. The number of hydrogen-bond donors (Lipinski definition) is 3. The fraction of sp³-hybridized carbons (Fsp3) is 0.308. The first-order valence-electron chi connectivity index (χ1n) is 6.33. The Morgan fingerprint density at radius 1 is 1.35 bits per heavy atom. The molecule has 4 N–H and O–H groups in total. The van der Waals surface area contributed by atoms with Crippen LogP contribution in [0.5, 0.6) is 0 Å². The molecule has 0 fully saturated rings. The number of H-pyrrole nitrogens is 1. The molecular formula is C13H15N5O2. The number of aliphatic hydroxyl groups excluding tert-OH is 1. The number of nitrogens with two attached hydrogens (primary N) is 1. The van der Waals surface area contributed by atoms with Gasteiger partial charge in [0.25, 0.3) is 0 Å². The predicted octanol–water partition coefficient (Wildman–Crippen LogP) is 0.917. The van der Waals surface area contributed by atoms with E-state index in [1.54, 1.807) is 6.92 Å². The Kier molecular flexibility index (Phi) is 3.21. The van der Waals surface area contributed by atoms with Crippen molar-refractivity contribution in [2.75, 3.05) is 0 Å². The van der Waals surface area contributed by atoms with E-state index < -0.39 is 12.1 Å². The summed E-state index contributed by atoms with van der Waals surface area (Å²) in [6.45, 7) is 1.58. The lowest BCUT2D eigenvalue weighted by Gasteiger charge is -2.08. The van der Waals surface area contributed by atoms with E-state index in [0.29, 0.717) is 12.2 Å². The van der Waals surface area contributed by atoms with Crippen molar-refractivity contribution in [1.29, 1.82) is 0 Å². The third kappa shape index (κ3) is 2.40. The highest BCUT2D eigenvalue weighted by molar-refractivity contribution is 5.74. The first-order chi connectivity index (χ1) is 9.63. The molecule has 0 unspecified atom stereocenters. The van der Waals surface area contributed by atoms with Gasteiger partial charge in [-0.1, -0.05) is 17.3 Å². The average molecular weight is 273 g/mol. The molecule has 7 nitrogen and oxygen atoms in total. The van der Waals surface area contributed by atoms with Crippen LogP contribution in [0.25, 0.3) is 11.0 Å². The summed E-state index contributed by atoms with van der Waals surface area (Å²) in [5, 5.41) is 13.2. The lowest BCUT2D eigenvalue weighted by atomic mass is 10.2. The smallest absolute Gasteiger partial charge is 0.246 e. The molecule has 20 heavy (non-hydrogen) atoms. The summed E-state index contributed by atoms with van der Waals surface area (Å²) < 4.78 is 5.05. The van der Waals surface area contributed by atoms with Gasteiger partial charge in [0.1, 0.15) is 11.9 Å². The number of hydrogen-bond acceptors (Lipinski definition) is 6. The number of para-hydroxylation sites is 2. The van der Waals surface area contributed by atoms with Crippen LogP contribution in [0, 0.1) is 0 Å². The summed E-state index contributed by atoms with van der Waals surface area (Å²) in [4.78, 5) is 11.8. The Labute approximate surface area is 114 Å².